The molecule has 1 nitrogen and oxygen atoms in total. The largest absolute Gasteiger partial charge is 0.298 e. The van der Waals surface area contributed by atoms with Crippen LogP contribution >= 0.6 is 0 Å². The number of fused-ring (bicyclic) bond motifs is 1. The summed E-state index contributed by atoms with van der Waals surface area (Å²) in [6.45, 7) is 0. The summed E-state index contributed by atoms with van der Waals surface area (Å²) in [4.78, 5) is 0. The first-order valence-electron chi connectivity index (χ1n) is 5.86. The summed E-state index contributed by atoms with van der Waals surface area (Å²) in [6.07, 6.45) is 15.5. The Labute approximate surface area is 103 Å². The Kier molecular flexibility index (Phi) is 3.17. The van der Waals surface area contributed by atoms with Crippen LogP contribution < -0.4 is 0 Å². The van der Waals surface area contributed by atoms with Crippen LogP contribution in [0.2, 0.25) is 0 Å². The fourth-order valence-electron chi connectivity index (χ4n) is 1.98. The number of likely N-dealkylation sites (N-methyl/N-ethyl adjacent to an activating group) is 1. The van der Waals surface area contributed by atoms with E-state index in [1.54, 1.807) is 0 Å². The van der Waals surface area contributed by atoms with Crippen LogP contribution in [0.15, 0.2) is 70.8 Å². The second-order valence-electron chi connectivity index (χ2n) is 5.04. The van der Waals surface area contributed by atoms with Crippen molar-refractivity contribution in [1.82, 2.24) is 0 Å². The summed E-state index contributed by atoms with van der Waals surface area (Å²) >= 11 is 0. The van der Waals surface area contributed by atoms with Gasteiger partial charge in [-0.05, 0) is 36.8 Å². The van der Waals surface area contributed by atoms with Crippen LogP contribution in [-0.4, -0.2) is 25.6 Å². The Bertz CT molecular complexity index is 533. The molecule has 0 fully saturated rings. The second-order valence-corrected chi connectivity index (χ2v) is 5.04. The van der Waals surface area contributed by atoms with Gasteiger partial charge in [-0.15, -0.1) is 11.5 Å². The van der Waals surface area contributed by atoms with Gasteiger partial charge in [0.1, 0.15) is 5.70 Å². The topological polar surface area (TPSA) is 0 Å². The highest BCUT2D eigenvalue weighted by molar-refractivity contribution is 5.52. The van der Waals surface area contributed by atoms with E-state index in [2.05, 4.69) is 56.9 Å². The minimum absolute atomic E-state index is 0.812. The summed E-state index contributed by atoms with van der Waals surface area (Å²) in [6, 6.07) is 0. The van der Waals surface area contributed by atoms with E-state index < -0.39 is 0 Å². The zero-order valence-electron chi connectivity index (χ0n) is 10.7. The number of nitrogens with zero attached hydrogens (tertiary/aromatic N) is 1. The first-order chi connectivity index (χ1) is 8.09. The maximum absolute atomic E-state index is 3.30. The number of allylic oxidation sites excluding steroid dienone is 6. The normalized spacial score (nSPS) is 18.6. The third kappa shape index (κ3) is 2.67. The Morgan fingerprint density at radius 3 is 2.76 bits per heavy atom. The van der Waals surface area contributed by atoms with Gasteiger partial charge in [0, 0.05) is 5.57 Å². The Morgan fingerprint density at radius 2 is 2.00 bits per heavy atom. The van der Waals surface area contributed by atoms with Crippen LogP contribution in [0, 0.1) is 0 Å². The van der Waals surface area contributed by atoms with E-state index >= 15 is 0 Å². The predicted octanol–water partition coefficient (Wildman–Crippen LogP) is 3.27. The third-order valence-corrected chi connectivity index (χ3v) is 2.77. The van der Waals surface area contributed by atoms with E-state index in [1.165, 1.54) is 11.3 Å². The lowest BCUT2D eigenvalue weighted by atomic mass is 9.99. The predicted molar refractivity (Wildman–Crippen MR) is 72.2 cm³/mol. The van der Waals surface area contributed by atoms with Gasteiger partial charge in [0.15, 0.2) is 0 Å². The molecule has 0 atom stereocenters. The molecule has 0 heterocycles. The van der Waals surface area contributed by atoms with Crippen LogP contribution in [0.4, 0.5) is 0 Å². The number of hydrogen-bond donors (Lipinski definition) is 0. The van der Waals surface area contributed by atoms with Crippen molar-refractivity contribution in [3.8, 4) is 0 Å². The van der Waals surface area contributed by atoms with Crippen LogP contribution in [0.25, 0.3) is 0 Å². The highest BCUT2D eigenvalue weighted by Gasteiger charge is 2.22. The molecule has 0 amide bonds. The molecule has 1 heteroatoms. The molecule has 0 unspecified atom stereocenters. The highest BCUT2D eigenvalue weighted by atomic mass is 15.3. The Hall–Kier alpha value is -1.78. The van der Waals surface area contributed by atoms with E-state index in [0.29, 0.717) is 0 Å². The molecular weight excluding hydrogens is 206 g/mol. The number of hydrogen-bond acceptors (Lipinski definition) is 0. The fraction of sp³-hybridized carbons (Fsp3) is 0.250. The summed E-state index contributed by atoms with van der Waals surface area (Å²) in [7, 11) is 6.58. The molecule has 0 saturated carbocycles. The average molecular weight is 224 g/mol. The van der Waals surface area contributed by atoms with Gasteiger partial charge in [0.05, 0.1) is 26.7 Å². The van der Waals surface area contributed by atoms with Crippen molar-refractivity contribution in [3.05, 3.63) is 70.8 Å². The SMILES string of the molecule is C[N+](C)(C)C1=CCC=C=CC2=C=CC=CC=C21. The lowest BCUT2D eigenvalue weighted by Crippen LogP contribution is -2.34. The van der Waals surface area contributed by atoms with Crippen molar-refractivity contribution >= 4 is 0 Å². The van der Waals surface area contributed by atoms with E-state index in [4.69, 9.17) is 0 Å². The molecule has 2 aliphatic carbocycles. The van der Waals surface area contributed by atoms with Gasteiger partial charge in [-0.1, -0.05) is 12.2 Å². The highest BCUT2D eigenvalue weighted by Crippen LogP contribution is 2.27. The van der Waals surface area contributed by atoms with E-state index in [1.807, 2.05) is 18.2 Å². The first kappa shape index (κ1) is 11.7. The Morgan fingerprint density at radius 1 is 1.18 bits per heavy atom. The molecule has 0 aromatic heterocycles. The summed E-state index contributed by atoms with van der Waals surface area (Å²) in [5.41, 5.74) is 10.2. The molecule has 0 radical (unpaired) electrons. The van der Waals surface area contributed by atoms with Crippen molar-refractivity contribution in [2.45, 2.75) is 6.42 Å². The maximum Gasteiger partial charge on any atom is 0.137 e. The average Bonchev–Trinajstić information content (AvgIpc) is 2.41. The molecule has 0 saturated heterocycles. The molecule has 17 heavy (non-hydrogen) atoms. The molecule has 0 spiro atoms. The van der Waals surface area contributed by atoms with Crippen LogP contribution in [0.3, 0.4) is 0 Å². The van der Waals surface area contributed by atoms with Gasteiger partial charge < -0.3 is 0 Å². The van der Waals surface area contributed by atoms with E-state index in [0.717, 1.165) is 16.5 Å². The van der Waals surface area contributed by atoms with Crippen LogP contribution in [0.5, 0.6) is 0 Å². The molecule has 0 bridgehead atoms. The van der Waals surface area contributed by atoms with Crippen molar-refractivity contribution in [2.75, 3.05) is 21.1 Å². The van der Waals surface area contributed by atoms with E-state index in [-0.39, 0.29) is 0 Å². The minimum atomic E-state index is 0.812. The molecule has 2 rings (SSSR count). The van der Waals surface area contributed by atoms with Gasteiger partial charge in [-0.3, -0.25) is 4.48 Å². The first-order valence-corrected chi connectivity index (χ1v) is 5.86. The van der Waals surface area contributed by atoms with Crippen LogP contribution in [-0.2, 0) is 0 Å². The fourth-order valence-corrected chi connectivity index (χ4v) is 1.98. The molecule has 0 aromatic rings. The monoisotopic (exact) mass is 224 g/mol. The second kappa shape index (κ2) is 4.61. The molecule has 86 valence electrons. The van der Waals surface area contributed by atoms with Gasteiger partial charge in [0.2, 0.25) is 0 Å². The number of rotatable bonds is 1. The molecule has 0 aliphatic heterocycles. The van der Waals surface area contributed by atoms with Crippen LogP contribution in [0.1, 0.15) is 6.42 Å². The lowest BCUT2D eigenvalue weighted by molar-refractivity contribution is -0.829. The third-order valence-electron chi connectivity index (χ3n) is 2.77. The molecule has 0 aromatic carbocycles. The maximum atomic E-state index is 3.30. The van der Waals surface area contributed by atoms with E-state index in [9.17, 15) is 0 Å². The summed E-state index contributed by atoms with van der Waals surface area (Å²) < 4.78 is 0.812. The smallest absolute Gasteiger partial charge is 0.137 e. The van der Waals surface area contributed by atoms with Crippen molar-refractivity contribution < 1.29 is 4.48 Å². The molecular formula is C16H18N+. The summed E-state index contributed by atoms with van der Waals surface area (Å²) in [5, 5.41) is 0. The minimum Gasteiger partial charge on any atom is -0.298 e. The Balaban J connectivity index is 2.62. The van der Waals surface area contributed by atoms with Gasteiger partial charge >= 0.3 is 0 Å². The zero-order chi connectivity index (χ0) is 12.3. The standard InChI is InChI=1S/C16H18N/c1-17(2,3)16-13-9-5-7-11-14-10-6-4-8-12-15(14)16/h4-6,8,11-13H,9H2,1-3H3/q+1. The van der Waals surface area contributed by atoms with Crippen molar-refractivity contribution in [2.24, 2.45) is 0 Å². The lowest BCUT2D eigenvalue weighted by Gasteiger charge is -2.28. The van der Waals surface area contributed by atoms with Gasteiger partial charge in [-0.25, -0.2) is 0 Å². The number of quaternary nitrogens is 1. The van der Waals surface area contributed by atoms with Crippen molar-refractivity contribution in [1.29, 1.82) is 0 Å². The van der Waals surface area contributed by atoms with Gasteiger partial charge in [-0.2, -0.15) is 0 Å². The summed E-state index contributed by atoms with van der Waals surface area (Å²) in [5.74, 6) is 0. The molecule has 0 N–H and O–H groups in total. The van der Waals surface area contributed by atoms with Crippen molar-refractivity contribution in [3.63, 3.8) is 0 Å². The molecule has 2 aliphatic rings. The quantitative estimate of drug-likeness (QED) is 0.473. The zero-order valence-corrected chi connectivity index (χ0v) is 10.7. The van der Waals surface area contributed by atoms with Gasteiger partial charge in [0.25, 0.3) is 0 Å².